The van der Waals surface area contributed by atoms with Gasteiger partial charge in [-0.05, 0) is 90.3 Å². The van der Waals surface area contributed by atoms with Crippen molar-refractivity contribution in [3.8, 4) is 0 Å². The van der Waals surface area contributed by atoms with Gasteiger partial charge in [-0.2, -0.15) is 0 Å². The summed E-state index contributed by atoms with van der Waals surface area (Å²) in [5.41, 5.74) is 0.488. The van der Waals surface area contributed by atoms with E-state index in [1.54, 1.807) is 0 Å². The summed E-state index contributed by atoms with van der Waals surface area (Å²) in [5, 5.41) is 10.9. The Labute approximate surface area is 201 Å². The first-order chi connectivity index (χ1) is 15.2. The summed E-state index contributed by atoms with van der Waals surface area (Å²) in [6.07, 6.45) is 13.8. The lowest BCUT2D eigenvalue weighted by Crippen LogP contribution is -2.66. The SMILES string of the molecule is CC1(C)CC2C3C=CC4C5(C)CCC(O)C(C)(C)C5CCC4(C)C3(C)CCC23CC1OC3=O. The first-order valence-corrected chi connectivity index (χ1v) is 13.8. The fraction of sp³-hybridized carbons (Fsp3) is 0.900. The van der Waals surface area contributed by atoms with Crippen LogP contribution in [0.15, 0.2) is 12.2 Å². The van der Waals surface area contributed by atoms with Crippen molar-refractivity contribution in [2.45, 2.75) is 112 Å². The van der Waals surface area contributed by atoms with Gasteiger partial charge in [0, 0.05) is 11.8 Å². The van der Waals surface area contributed by atoms with Gasteiger partial charge in [0.25, 0.3) is 0 Å². The lowest BCUT2D eigenvalue weighted by molar-refractivity contribution is -0.215. The van der Waals surface area contributed by atoms with Crippen LogP contribution in [-0.4, -0.2) is 23.3 Å². The standard InChI is InChI=1S/C30H46O3/c1-25(2)16-19-18-8-9-21-27(5)12-11-22(31)26(3,4)20(27)10-13-29(21,7)28(18,6)14-15-30(19)17-23(25)33-24(30)32/h8-9,18-23,31H,10-17H2,1-7H3. The number of carbonyl (C=O) groups excluding carboxylic acids is 1. The Morgan fingerprint density at radius 3 is 2.33 bits per heavy atom. The molecule has 0 radical (unpaired) electrons. The second kappa shape index (κ2) is 6.29. The number of ether oxygens (including phenoxy) is 1. The molecule has 1 spiro atoms. The molecule has 3 nitrogen and oxygen atoms in total. The molecule has 2 bridgehead atoms. The van der Waals surface area contributed by atoms with Crippen LogP contribution in [0.2, 0.25) is 0 Å². The third-order valence-corrected chi connectivity index (χ3v) is 13.5. The van der Waals surface area contributed by atoms with Gasteiger partial charge >= 0.3 is 5.97 Å². The highest BCUT2D eigenvalue weighted by Gasteiger charge is 2.72. The zero-order valence-electron chi connectivity index (χ0n) is 22.0. The number of hydrogen-bond donors (Lipinski definition) is 1. The van der Waals surface area contributed by atoms with Crippen molar-refractivity contribution < 1.29 is 14.6 Å². The minimum absolute atomic E-state index is 0.0213. The highest BCUT2D eigenvalue weighted by Crippen LogP contribution is 2.76. The van der Waals surface area contributed by atoms with E-state index in [0.29, 0.717) is 23.7 Å². The minimum Gasteiger partial charge on any atom is -0.461 e. The molecule has 1 aliphatic heterocycles. The van der Waals surface area contributed by atoms with Crippen LogP contribution in [0.4, 0.5) is 0 Å². The van der Waals surface area contributed by atoms with E-state index in [9.17, 15) is 9.90 Å². The Bertz CT molecular complexity index is 918. The molecule has 6 rings (SSSR count). The maximum Gasteiger partial charge on any atom is 0.312 e. The van der Waals surface area contributed by atoms with Crippen LogP contribution in [-0.2, 0) is 9.53 Å². The minimum atomic E-state index is -0.240. The molecule has 0 amide bonds. The zero-order valence-corrected chi connectivity index (χ0v) is 22.0. The van der Waals surface area contributed by atoms with E-state index >= 15 is 0 Å². The summed E-state index contributed by atoms with van der Waals surface area (Å²) in [6.45, 7) is 17.0. The average molecular weight is 455 g/mol. The van der Waals surface area contributed by atoms with Crippen molar-refractivity contribution in [3.63, 3.8) is 0 Å². The number of allylic oxidation sites excluding steroid dienone is 2. The second-order valence-electron chi connectivity index (χ2n) is 15.2. The molecule has 1 saturated heterocycles. The van der Waals surface area contributed by atoms with Crippen molar-refractivity contribution >= 4 is 5.97 Å². The molecule has 184 valence electrons. The number of fused-ring (bicyclic) bond motifs is 7. The van der Waals surface area contributed by atoms with Gasteiger partial charge in [-0.1, -0.05) is 60.6 Å². The third kappa shape index (κ3) is 2.44. The fourth-order valence-electron chi connectivity index (χ4n) is 11.1. The van der Waals surface area contributed by atoms with Gasteiger partial charge < -0.3 is 9.84 Å². The molecule has 0 aromatic carbocycles. The van der Waals surface area contributed by atoms with Gasteiger partial charge in [-0.15, -0.1) is 0 Å². The van der Waals surface area contributed by atoms with Crippen LogP contribution in [0.1, 0.15) is 99.8 Å². The Hall–Kier alpha value is -0.830. The van der Waals surface area contributed by atoms with Gasteiger partial charge in [0.2, 0.25) is 0 Å². The first kappa shape index (κ1) is 22.6. The van der Waals surface area contributed by atoms with E-state index in [1.165, 1.54) is 12.8 Å². The maximum atomic E-state index is 13.3. The molecule has 1 heterocycles. The number of aliphatic hydroxyl groups is 1. The van der Waals surface area contributed by atoms with Crippen LogP contribution in [0.5, 0.6) is 0 Å². The van der Waals surface area contributed by atoms with Gasteiger partial charge in [-0.3, -0.25) is 4.79 Å². The molecular formula is C30H46O3. The molecule has 5 fully saturated rings. The van der Waals surface area contributed by atoms with Crippen LogP contribution in [0, 0.1) is 56.2 Å². The Balaban J connectivity index is 1.44. The number of carbonyl (C=O) groups is 1. The van der Waals surface area contributed by atoms with E-state index in [1.807, 2.05) is 0 Å². The molecule has 4 saturated carbocycles. The highest BCUT2D eigenvalue weighted by atomic mass is 16.6. The number of rotatable bonds is 0. The van der Waals surface area contributed by atoms with Gasteiger partial charge in [0.15, 0.2) is 0 Å². The van der Waals surface area contributed by atoms with Crippen molar-refractivity contribution in [1.82, 2.24) is 0 Å². The molecule has 0 aromatic rings. The van der Waals surface area contributed by atoms with Crippen molar-refractivity contribution in [2.24, 2.45) is 56.2 Å². The van der Waals surface area contributed by atoms with Crippen LogP contribution < -0.4 is 0 Å². The molecule has 0 aromatic heterocycles. The molecule has 6 aliphatic rings. The highest BCUT2D eigenvalue weighted by molar-refractivity contribution is 5.80. The van der Waals surface area contributed by atoms with Gasteiger partial charge in [0.1, 0.15) is 6.10 Å². The van der Waals surface area contributed by atoms with Crippen molar-refractivity contribution in [2.75, 3.05) is 0 Å². The molecule has 5 aliphatic carbocycles. The lowest BCUT2D eigenvalue weighted by Gasteiger charge is -2.71. The largest absolute Gasteiger partial charge is 0.461 e. The normalized spacial score (nSPS) is 57.9. The molecule has 3 heteroatoms. The summed E-state index contributed by atoms with van der Waals surface area (Å²) < 4.78 is 6.04. The fourth-order valence-corrected chi connectivity index (χ4v) is 11.1. The van der Waals surface area contributed by atoms with E-state index in [4.69, 9.17) is 4.74 Å². The summed E-state index contributed by atoms with van der Waals surface area (Å²) in [7, 11) is 0. The number of aliphatic hydroxyl groups excluding tert-OH is 1. The summed E-state index contributed by atoms with van der Waals surface area (Å²) in [5.74, 6) is 2.09. The van der Waals surface area contributed by atoms with Gasteiger partial charge in [-0.25, -0.2) is 0 Å². The van der Waals surface area contributed by atoms with Crippen molar-refractivity contribution in [1.29, 1.82) is 0 Å². The topological polar surface area (TPSA) is 46.5 Å². The van der Waals surface area contributed by atoms with Crippen LogP contribution in [0.25, 0.3) is 0 Å². The molecule has 10 atom stereocenters. The Morgan fingerprint density at radius 2 is 1.61 bits per heavy atom. The van der Waals surface area contributed by atoms with Crippen molar-refractivity contribution in [3.05, 3.63) is 12.2 Å². The molecule has 33 heavy (non-hydrogen) atoms. The summed E-state index contributed by atoms with van der Waals surface area (Å²) in [6, 6.07) is 0. The zero-order chi connectivity index (χ0) is 23.8. The van der Waals surface area contributed by atoms with Gasteiger partial charge in [0.05, 0.1) is 11.5 Å². The molecular weight excluding hydrogens is 408 g/mol. The quantitative estimate of drug-likeness (QED) is 0.334. The van der Waals surface area contributed by atoms with Crippen LogP contribution >= 0.6 is 0 Å². The molecule has 1 N–H and O–H groups in total. The smallest absolute Gasteiger partial charge is 0.312 e. The number of esters is 1. The first-order valence-electron chi connectivity index (χ1n) is 13.8. The average Bonchev–Trinajstić information content (AvgIpc) is 3.03. The van der Waals surface area contributed by atoms with E-state index in [2.05, 4.69) is 60.6 Å². The predicted octanol–water partition coefficient (Wildman–Crippen LogP) is 6.54. The van der Waals surface area contributed by atoms with E-state index in [-0.39, 0.29) is 50.7 Å². The lowest BCUT2D eigenvalue weighted by atomic mass is 9.33. The third-order valence-electron chi connectivity index (χ3n) is 13.5. The van der Waals surface area contributed by atoms with E-state index in [0.717, 1.165) is 38.5 Å². The summed E-state index contributed by atoms with van der Waals surface area (Å²) in [4.78, 5) is 13.3. The van der Waals surface area contributed by atoms with E-state index < -0.39 is 0 Å². The monoisotopic (exact) mass is 454 g/mol. The number of hydrogen-bond acceptors (Lipinski definition) is 3. The molecule has 10 unspecified atom stereocenters. The second-order valence-corrected chi connectivity index (χ2v) is 15.2. The van der Waals surface area contributed by atoms with Crippen LogP contribution in [0.3, 0.4) is 0 Å². The summed E-state index contributed by atoms with van der Waals surface area (Å²) >= 11 is 0. The Kier molecular flexibility index (Phi) is 4.31. The maximum absolute atomic E-state index is 13.3. The predicted molar refractivity (Wildman–Crippen MR) is 130 cm³/mol. The Morgan fingerprint density at radius 1 is 0.879 bits per heavy atom.